The second-order valence-corrected chi connectivity index (χ2v) is 6.15. The number of carboxylic acids is 1. The Morgan fingerprint density at radius 2 is 2.32 bits per heavy atom. The molecule has 1 heterocycles. The molecule has 0 fully saturated rings. The zero-order valence-electron chi connectivity index (χ0n) is 11.0. The quantitative estimate of drug-likeness (QED) is 0.767. The number of carboxylic acid groups (broad SMARTS) is 1. The van der Waals surface area contributed by atoms with Gasteiger partial charge in [-0.15, -0.1) is 23.1 Å². The van der Waals surface area contributed by atoms with E-state index in [4.69, 9.17) is 5.11 Å². The molecule has 0 aliphatic carbocycles. The second-order valence-electron chi connectivity index (χ2n) is 4.10. The molecule has 19 heavy (non-hydrogen) atoms. The Labute approximate surface area is 120 Å². The summed E-state index contributed by atoms with van der Waals surface area (Å²) in [6.45, 7) is 3.94. The number of aryl methyl sites for hydroxylation is 1. The maximum atomic E-state index is 11.5. The largest absolute Gasteiger partial charge is 0.481 e. The van der Waals surface area contributed by atoms with Crippen LogP contribution in [0.4, 0.5) is 0 Å². The van der Waals surface area contributed by atoms with E-state index in [1.54, 1.807) is 18.3 Å². The van der Waals surface area contributed by atoms with Crippen LogP contribution in [0.25, 0.3) is 0 Å². The first-order valence-electron chi connectivity index (χ1n) is 6.01. The fraction of sp³-hybridized carbons (Fsp3) is 0.583. The number of nitrogens with one attached hydrogen (secondary N) is 1. The Morgan fingerprint density at radius 1 is 1.58 bits per heavy atom. The van der Waals surface area contributed by atoms with Crippen molar-refractivity contribution in [1.82, 2.24) is 10.3 Å². The van der Waals surface area contributed by atoms with Gasteiger partial charge in [-0.1, -0.05) is 6.92 Å². The topological polar surface area (TPSA) is 79.3 Å². The SMILES string of the molecule is CCC(CNC(=O)CSCc1csc(C)n1)C(=O)O. The van der Waals surface area contributed by atoms with E-state index in [1.807, 2.05) is 12.3 Å². The molecular weight excluding hydrogens is 284 g/mol. The Balaban J connectivity index is 2.19. The van der Waals surface area contributed by atoms with Gasteiger partial charge in [0.1, 0.15) is 0 Å². The molecule has 106 valence electrons. The molecule has 1 rings (SSSR count). The summed E-state index contributed by atoms with van der Waals surface area (Å²) in [5, 5.41) is 14.5. The Bertz CT molecular complexity index is 434. The molecular formula is C12H18N2O3S2. The van der Waals surface area contributed by atoms with Crippen LogP contribution in [-0.4, -0.2) is 34.3 Å². The van der Waals surface area contributed by atoms with Gasteiger partial charge in [-0.3, -0.25) is 9.59 Å². The van der Waals surface area contributed by atoms with Gasteiger partial charge < -0.3 is 10.4 Å². The Kier molecular flexibility index (Phi) is 6.86. The highest BCUT2D eigenvalue weighted by atomic mass is 32.2. The highest BCUT2D eigenvalue weighted by Gasteiger charge is 2.15. The van der Waals surface area contributed by atoms with Gasteiger partial charge in [0.15, 0.2) is 0 Å². The van der Waals surface area contributed by atoms with Crippen molar-refractivity contribution in [3.63, 3.8) is 0 Å². The van der Waals surface area contributed by atoms with Gasteiger partial charge >= 0.3 is 5.97 Å². The summed E-state index contributed by atoms with van der Waals surface area (Å²) < 4.78 is 0. The van der Waals surface area contributed by atoms with Gasteiger partial charge in [0.25, 0.3) is 0 Å². The van der Waals surface area contributed by atoms with Crippen molar-refractivity contribution in [3.8, 4) is 0 Å². The molecule has 0 aromatic carbocycles. The number of carbonyl (C=O) groups excluding carboxylic acids is 1. The lowest BCUT2D eigenvalue weighted by Gasteiger charge is -2.10. The molecule has 1 unspecified atom stereocenters. The van der Waals surface area contributed by atoms with Gasteiger partial charge in [0.2, 0.25) is 5.91 Å². The van der Waals surface area contributed by atoms with Crippen LogP contribution in [0.2, 0.25) is 0 Å². The maximum Gasteiger partial charge on any atom is 0.308 e. The van der Waals surface area contributed by atoms with Crippen molar-refractivity contribution in [2.24, 2.45) is 5.92 Å². The fourth-order valence-electron chi connectivity index (χ4n) is 1.42. The van der Waals surface area contributed by atoms with E-state index in [2.05, 4.69) is 10.3 Å². The third-order valence-corrected chi connectivity index (χ3v) is 4.33. The van der Waals surface area contributed by atoms with Gasteiger partial charge in [0, 0.05) is 17.7 Å². The van der Waals surface area contributed by atoms with Gasteiger partial charge in [-0.05, 0) is 13.3 Å². The van der Waals surface area contributed by atoms with E-state index in [-0.39, 0.29) is 12.5 Å². The number of amides is 1. The lowest BCUT2D eigenvalue weighted by molar-refractivity contribution is -0.141. The number of rotatable bonds is 8. The highest BCUT2D eigenvalue weighted by molar-refractivity contribution is 7.99. The average Bonchev–Trinajstić information content (AvgIpc) is 2.75. The summed E-state index contributed by atoms with van der Waals surface area (Å²) in [7, 11) is 0. The summed E-state index contributed by atoms with van der Waals surface area (Å²) in [6.07, 6.45) is 0.515. The lowest BCUT2D eigenvalue weighted by Crippen LogP contribution is -2.33. The standard InChI is InChI=1S/C12H18N2O3S2/c1-3-9(12(16)17)4-13-11(15)7-18-5-10-6-19-8(2)14-10/h6,9H,3-5,7H2,1-2H3,(H,13,15)(H,16,17). The van der Waals surface area contributed by atoms with E-state index in [0.29, 0.717) is 17.9 Å². The second kappa shape index (κ2) is 8.16. The van der Waals surface area contributed by atoms with E-state index < -0.39 is 11.9 Å². The zero-order chi connectivity index (χ0) is 14.3. The average molecular weight is 302 g/mol. The molecule has 1 aromatic rings. The summed E-state index contributed by atoms with van der Waals surface area (Å²) in [6, 6.07) is 0. The lowest BCUT2D eigenvalue weighted by atomic mass is 10.1. The van der Waals surface area contributed by atoms with Crippen molar-refractivity contribution in [3.05, 3.63) is 16.1 Å². The molecule has 1 aromatic heterocycles. The number of thiazole rings is 1. The van der Waals surface area contributed by atoms with Crippen LogP contribution in [0.5, 0.6) is 0 Å². The van der Waals surface area contributed by atoms with E-state index in [1.165, 1.54) is 11.8 Å². The highest BCUT2D eigenvalue weighted by Crippen LogP contribution is 2.14. The van der Waals surface area contributed by atoms with Crippen LogP contribution in [-0.2, 0) is 15.3 Å². The molecule has 0 aliphatic rings. The van der Waals surface area contributed by atoms with Crippen molar-refractivity contribution in [2.45, 2.75) is 26.0 Å². The van der Waals surface area contributed by atoms with Crippen LogP contribution < -0.4 is 5.32 Å². The molecule has 5 nitrogen and oxygen atoms in total. The van der Waals surface area contributed by atoms with Crippen molar-refractivity contribution >= 4 is 35.0 Å². The predicted octanol–water partition coefficient (Wildman–Crippen LogP) is 1.91. The maximum absolute atomic E-state index is 11.5. The van der Waals surface area contributed by atoms with E-state index >= 15 is 0 Å². The van der Waals surface area contributed by atoms with Gasteiger partial charge in [-0.25, -0.2) is 4.98 Å². The third kappa shape index (κ3) is 6.07. The first-order valence-corrected chi connectivity index (χ1v) is 8.04. The number of nitrogens with zero attached hydrogens (tertiary/aromatic N) is 1. The van der Waals surface area contributed by atoms with Crippen LogP contribution in [0.3, 0.4) is 0 Å². The van der Waals surface area contributed by atoms with Gasteiger partial charge in [0.05, 0.1) is 22.4 Å². The normalized spacial score (nSPS) is 12.1. The van der Waals surface area contributed by atoms with Crippen LogP contribution in [0.1, 0.15) is 24.0 Å². The summed E-state index contributed by atoms with van der Waals surface area (Å²) in [5.74, 6) is -0.472. The number of aliphatic carboxylic acids is 1. The third-order valence-electron chi connectivity index (χ3n) is 2.54. The minimum atomic E-state index is -0.867. The first kappa shape index (κ1) is 16.0. The minimum Gasteiger partial charge on any atom is -0.481 e. The molecule has 1 amide bonds. The number of hydrogen-bond acceptors (Lipinski definition) is 5. The fourth-order valence-corrected chi connectivity index (χ4v) is 2.88. The summed E-state index contributed by atoms with van der Waals surface area (Å²) in [4.78, 5) is 26.6. The summed E-state index contributed by atoms with van der Waals surface area (Å²) in [5.41, 5.74) is 0.984. The number of carbonyl (C=O) groups is 2. The Hall–Kier alpha value is -1.08. The number of aromatic nitrogens is 1. The van der Waals surface area contributed by atoms with Crippen molar-refractivity contribution < 1.29 is 14.7 Å². The monoisotopic (exact) mass is 302 g/mol. The van der Waals surface area contributed by atoms with E-state index in [9.17, 15) is 9.59 Å². The van der Waals surface area contributed by atoms with E-state index in [0.717, 1.165) is 10.7 Å². The first-order chi connectivity index (χ1) is 9.02. The van der Waals surface area contributed by atoms with Crippen molar-refractivity contribution in [1.29, 1.82) is 0 Å². The molecule has 0 bridgehead atoms. The molecule has 2 N–H and O–H groups in total. The molecule has 0 spiro atoms. The minimum absolute atomic E-state index is 0.128. The molecule has 0 radical (unpaired) electrons. The summed E-state index contributed by atoms with van der Waals surface area (Å²) >= 11 is 3.07. The predicted molar refractivity (Wildman–Crippen MR) is 77.4 cm³/mol. The van der Waals surface area contributed by atoms with Crippen LogP contribution >= 0.6 is 23.1 Å². The molecule has 0 saturated heterocycles. The number of hydrogen-bond donors (Lipinski definition) is 2. The Morgan fingerprint density at radius 3 is 2.84 bits per heavy atom. The molecule has 1 atom stereocenters. The van der Waals surface area contributed by atoms with Crippen molar-refractivity contribution in [2.75, 3.05) is 12.3 Å². The molecule has 0 aliphatic heterocycles. The smallest absolute Gasteiger partial charge is 0.308 e. The van der Waals surface area contributed by atoms with Crippen LogP contribution in [0.15, 0.2) is 5.38 Å². The van der Waals surface area contributed by atoms with Gasteiger partial charge in [-0.2, -0.15) is 0 Å². The zero-order valence-corrected chi connectivity index (χ0v) is 12.6. The molecule has 0 saturated carbocycles. The van der Waals surface area contributed by atoms with Crippen LogP contribution in [0, 0.1) is 12.8 Å². The number of thioether (sulfide) groups is 1. The molecule has 7 heteroatoms.